The summed E-state index contributed by atoms with van der Waals surface area (Å²) < 4.78 is 26.4. The molecule has 0 bridgehead atoms. The maximum absolute atomic E-state index is 11.9. The predicted molar refractivity (Wildman–Crippen MR) is 53.6 cm³/mol. The summed E-state index contributed by atoms with van der Waals surface area (Å²) in [7, 11) is -3.58. The number of carboxylic acid groups (broad SMARTS) is 1. The van der Waals surface area contributed by atoms with E-state index in [0.29, 0.717) is 19.6 Å². The molecule has 1 aromatic rings. The Hall–Kier alpha value is -1.41. The van der Waals surface area contributed by atoms with Crippen LogP contribution in [0, 0.1) is 0 Å². The Balaban J connectivity index is 2.55. The lowest BCUT2D eigenvalue weighted by Crippen LogP contribution is -2.39. The van der Waals surface area contributed by atoms with E-state index in [0.717, 1.165) is 6.07 Å². The van der Waals surface area contributed by atoms with Gasteiger partial charge in [0.1, 0.15) is 0 Å². The molecular weight excluding hydrogens is 234 g/mol. The zero-order valence-electron chi connectivity index (χ0n) is 8.62. The molecule has 8 heteroatoms. The van der Waals surface area contributed by atoms with E-state index < -0.39 is 16.0 Å². The fourth-order valence-electron chi connectivity index (χ4n) is 1.66. The van der Waals surface area contributed by atoms with Crippen molar-refractivity contribution in [1.82, 2.24) is 14.1 Å². The number of hydrogen-bond acceptors (Lipinski definition) is 4. The number of sulfonamides is 1. The van der Waals surface area contributed by atoms with Crippen LogP contribution in [0.2, 0.25) is 0 Å². The van der Waals surface area contributed by atoms with Crippen LogP contribution in [0.15, 0.2) is 11.1 Å². The molecule has 0 unspecified atom stereocenters. The zero-order valence-corrected chi connectivity index (χ0v) is 9.44. The fourth-order valence-corrected chi connectivity index (χ4v) is 3.24. The van der Waals surface area contributed by atoms with Gasteiger partial charge in [-0.05, 0) is 0 Å². The van der Waals surface area contributed by atoms with E-state index in [1.807, 2.05) is 0 Å². The standard InChI is InChI=1S/C8H11N3O4S/c1-2-10-3-4-11-7(16(10,14)15)5-6(9-11)8(12)13/h5H,2-4H2,1H3,(H,12,13). The number of nitrogens with zero attached hydrogens (tertiary/aromatic N) is 3. The van der Waals surface area contributed by atoms with Crippen LogP contribution in [-0.4, -0.2) is 46.7 Å². The van der Waals surface area contributed by atoms with Crippen LogP contribution in [0.25, 0.3) is 0 Å². The highest BCUT2D eigenvalue weighted by molar-refractivity contribution is 7.89. The summed E-state index contributed by atoms with van der Waals surface area (Å²) in [6.07, 6.45) is 0. The van der Waals surface area contributed by atoms with E-state index in [9.17, 15) is 13.2 Å². The Bertz CT molecular complexity index is 533. The van der Waals surface area contributed by atoms with E-state index in [4.69, 9.17) is 5.11 Å². The van der Waals surface area contributed by atoms with Crippen LogP contribution in [0.5, 0.6) is 0 Å². The largest absolute Gasteiger partial charge is 0.476 e. The Morgan fingerprint density at radius 3 is 2.81 bits per heavy atom. The van der Waals surface area contributed by atoms with Gasteiger partial charge in [0.05, 0.1) is 6.54 Å². The van der Waals surface area contributed by atoms with Crippen LogP contribution in [-0.2, 0) is 16.6 Å². The van der Waals surface area contributed by atoms with Crippen molar-refractivity contribution in [2.75, 3.05) is 13.1 Å². The third-order valence-electron chi connectivity index (χ3n) is 2.48. The molecule has 0 spiro atoms. The van der Waals surface area contributed by atoms with Crippen LogP contribution in [0.3, 0.4) is 0 Å². The quantitative estimate of drug-likeness (QED) is 0.765. The normalized spacial score (nSPS) is 19.3. The lowest BCUT2D eigenvalue weighted by atomic mass is 10.4. The lowest BCUT2D eigenvalue weighted by molar-refractivity contribution is 0.0689. The van der Waals surface area contributed by atoms with Gasteiger partial charge < -0.3 is 5.11 Å². The summed E-state index contributed by atoms with van der Waals surface area (Å²) in [6.45, 7) is 2.82. The van der Waals surface area contributed by atoms with Crippen molar-refractivity contribution in [3.05, 3.63) is 11.8 Å². The molecule has 7 nitrogen and oxygen atoms in total. The predicted octanol–water partition coefficient (Wildman–Crippen LogP) is -0.394. The minimum absolute atomic E-state index is 0.0435. The van der Waals surface area contributed by atoms with E-state index in [1.54, 1.807) is 6.92 Å². The molecule has 16 heavy (non-hydrogen) atoms. The van der Waals surface area contributed by atoms with Gasteiger partial charge in [-0.15, -0.1) is 0 Å². The van der Waals surface area contributed by atoms with Crippen molar-refractivity contribution >= 4 is 16.0 Å². The highest BCUT2D eigenvalue weighted by Crippen LogP contribution is 2.21. The highest BCUT2D eigenvalue weighted by Gasteiger charge is 2.33. The number of carbonyl (C=O) groups is 1. The van der Waals surface area contributed by atoms with Gasteiger partial charge in [-0.25, -0.2) is 13.2 Å². The van der Waals surface area contributed by atoms with Gasteiger partial charge in [0.2, 0.25) is 0 Å². The van der Waals surface area contributed by atoms with Crippen LogP contribution in [0.1, 0.15) is 17.4 Å². The first-order valence-corrected chi connectivity index (χ1v) is 6.22. The average Bonchev–Trinajstić information content (AvgIpc) is 2.63. The molecule has 1 aliphatic rings. The van der Waals surface area contributed by atoms with Crippen molar-refractivity contribution in [1.29, 1.82) is 0 Å². The summed E-state index contributed by atoms with van der Waals surface area (Å²) in [5.41, 5.74) is -0.239. The van der Waals surface area contributed by atoms with E-state index in [-0.39, 0.29) is 10.7 Å². The van der Waals surface area contributed by atoms with Crippen LogP contribution in [0.4, 0.5) is 0 Å². The molecule has 2 heterocycles. The number of hydrogen-bond donors (Lipinski definition) is 1. The van der Waals surface area contributed by atoms with E-state index >= 15 is 0 Å². The number of aromatic nitrogens is 2. The fraction of sp³-hybridized carbons (Fsp3) is 0.500. The molecule has 0 radical (unpaired) electrons. The van der Waals surface area contributed by atoms with Gasteiger partial charge in [0, 0.05) is 19.2 Å². The molecule has 0 saturated heterocycles. The molecule has 0 atom stereocenters. The Morgan fingerprint density at radius 2 is 2.25 bits per heavy atom. The molecule has 1 aromatic heterocycles. The smallest absolute Gasteiger partial charge is 0.356 e. The first-order chi connectivity index (χ1) is 7.46. The number of carboxylic acids is 1. The van der Waals surface area contributed by atoms with Gasteiger partial charge in [-0.1, -0.05) is 6.92 Å². The van der Waals surface area contributed by atoms with Crippen molar-refractivity contribution in [3.8, 4) is 0 Å². The third-order valence-corrected chi connectivity index (χ3v) is 4.46. The maximum atomic E-state index is 11.9. The van der Waals surface area contributed by atoms with Crippen LogP contribution < -0.4 is 0 Å². The first kappa shape index (κ1) is 11.1. The molecule has 2 rings (SSSR count). The molecule has 0 amide bonds. The zero-order chi connectivity index (χ0) is 11.9. The van der Waals surface area contributed by atoms with Crippen LogP contribution >= 0.6 is 0 Å². The number of rotatable bonds is 2. The first-order valence-electron chi connectivity index (χ1n) is 4.78. The number of fused-ring (bicyclic) bond motifs is 1. The van der Waals surface area contributed by atoms with E-state index in [1.165, 1.54) is 8.99 Å². The summed E-state index contributed by atoms with van der Waals surface area (Å²) in [4.78, 5) is 10.7. The summed E-state index contributed by atoms with van der Waals surface area (Å²) in [6, 6.07) is 1.10. The SMILES string of the molecule is CCN1CCn2nc(C(=O)O)cc2S1(=O)=O. The maximum Gasteiger partial charge on any atom is 0.356 e. The minimum Gasteiger partial charge on any atom is -0.476 e. The minimum atomic E-state index is -3.58. The van der Waals surface area contributed by atoms with Gasteiger partial charge in [0.15, 0.2) is 10.7 Å². The molecule has 0 fully saturated rings. The number of aromatic carboxylic acids is 1. The lowest BCUT2D eigenvalue weighted by Gasteiger charge is -2.25. The molecule has 0 aromatic carbocycles. The third kappa shape index (κ3) is 1.50. The summed E-state index contributed by atoms with van der Waals surface area (Å²) in [5.74, 6) is -1.22. The topological polar surface area (TPSA) is 92.5 Å². The van der Waals surface area contributed by atoms with Gasteiger partial charge in [0.25, 0.3) is 10.0 Å². The van der Waals surface area contributed by atoms with Crippen molar-refractivity contribution in [2.24, 2.45) is 0 Å². The molecule has 0 saturated carbocycles. The average molecular weight is 245 g/mol. The Morgan fingerprint density at radius 1 is 1.56 bits per heavy atom. The second-order valence-corrected chi connectivity index (χ2v) is 5.28. The molecular formula is C8H11N3O4S. The number of likely N-dealkylation sites (N-methyl/N-ethyl adjacent to an activating group) is 1. The second kappa shape index (κ2) is 3.56. The second-order valence-electron chi connectivity index (χ2n) is 3.39. The van der Waals surface area contributed by atoms with Gasteiger partial charge in [-0.2, -0.15) is 9.40 Å². The monoisotopic (exact) mass is 245 g/mol. The van der Waals surface area contributed by atoms with Crippen molar-refractivity contribution < 1.29 is 18.3 Å². The van der Waals surface area contributed by atoms with Gasteiger partial charge in [-0.3, -0.25) is 4.68 Å². The Labute approximate surface area is 92.3 Å². The van der Waals surface area contributed by atoms with Gasteiger partial charge >= 0.3 is 5.97 Å². The molecule has 1 N–H and O–H groups in total. The highest BCUT2D eigenvalue weighted by atomic mass is 32.2. The van der Waals surface area contributed by atoms with E-state index in [2.05, 4.69) is 5.10 Å². The summed E-state index contributed by atoms with van der Waals surface area (Å²) >= 11 is 0. The van der Waals surface area contributed by atoms with Crippen molar-refractivity contribution in [3.63, 3.8) is 0 Å². The van der Waals surface area contributed by atoms with Crippen molar-refractivity contribution in [2.45, 2.75) is 18.5 Å². The Kier molecular flexibility index (Phi) is 2.47. The molecule has 88 valence electrons. The summed E-state index contributed by atoms with van der Waals surface area (Å²) in [5, 5.41) is 12.4. The molecule has 1 aliphatic heterocycles. The molecule has 0 aliphatic carbocycles.